The van der Waals surface area contributed by atoms with Crippen LogP contribution in [-0.2, 0) is 11.3 Å². The van der Waals surface area contributed by atoms with Gasteiger partial charge < -0.3 is 10.2 Å². The number of piperidine rings is 1. The largest absolute Gasteiger partial charge is 0.352 e. The number of nitrogens with zero attached hydrogens (tertiary/aromatic N) is 3. The molecular formula is C24H23N5O2S. The number of anilines is 1. The molecule has 162 valence electrons. The van der Waals surface area contributed by atoms with E-state index in [1.165, 1.54) is 11.3 Å². The van der Waals surface area contributed by atoms with Crippen LogP contribution in [-0.4, -0.2) is 33.9 Å². The van der Waals surface area contributed by atoms with Crippen molar-refractivity contribution < 1.29 is 4.79 Å². The Hall–Kier alpha value is -3.52. The molecule has 0 saturated carbocycles. The maximum atomic E-state index is 12.8. The molecule has 3 aromatic heterocycles. The molecule has 1 fully saturated rings. The highest BCUT2D eigenvalue weighted by Gasteiger charge is 2.27. The molecule has 4 heterocycles. The summed E-state index contributed by atoms with van der Waals surface area (Å²) >= 11 is 1.41. The van der Waals surface area contributed by atoms with E-state index >= 15 is 0 Å². The summed E-state index contributed by atoms with van der Waals surface area (Å²) in [6.07, 6.45) is 5.14. The smallest absolute Gasteiger partial charge is 0.270 e. The molecule has 1 aromatic carbocycles. The molecule has 5 rings (SSSR count). The predicted octanol–water partition coefficient (Wildman–Crippen LogP) is 3.58. The number of amides is 1. The fourth-order valence-electron chi connectivity index (χ4n) is 4.11. The summed E-state index contributed by atoms with van der Waals surface area (Å²) < 4.78 is 0.621. The van der Waals surface area contributed by atoms with Crippen LogP contribution in [0.5, 0.6) is 0 Å². The van der Waals surface area contributed by atoms with Gasteiger partial charge in [0.05, 0.1) is 11.4 Å². The summed E-state index contributed by atoms with van der Waals surface area (Å²) in [6.45, 7) is 1.74. The molecule has 0 bridgehead atoms. The summed E-state index contributed by atoms with van der Waals surface area (Å²) in [6, 6.07) is 13.8. The third kappa shape index (κ3) is 4.13. The first-order valence-corrected chi connectivity index (χ1v) is 11.6. The van der Waals surface area contributed by atoms with Crippen LogP contribution in [0.2, 0.25) is 0 Å². The number of carbonyl (C=O) groups is 1. The lowest BCUT2D eigenvalue weighted by Crippen LogP contribution is -2.44. The molecule has 32 heavy (non-hydrogen) atoms. The van der Waals surface area contributed by atoms with E-state index in [2.05, 4.69) is 15.3 Å². The number of thiophene rings is 1. The average molecular weight is 446 g/mol. The highest BCUT2D eigenvalue weighted by molar-refractivity contribution is 7.17. The van der Waals surface area contributed by atoms with Gasteiger partial charge in [0.15, 0.2) is 0 Å². The summed E-state index contributed by atoms with van der Waals surface area (Å²) in [7, 11) is 0. The number of pyridine rings is 1. The van der Waals surface area contributed by atoms with Crippen molar-refractivity contribution in [3.63, 3.8) is 0 Å². The van der Waals surface area contributed by atoms with Crippen LogP contribution in [0.25, 0.3) is 21.3 Å². The maximum absolute atomic E-state index is 12.8. The van der Waals surface area contributed by atoms with Crippen LogP contribution in [0.1, 0.15) is 18.4 Å². The third-order valence-electron chi connectivity index (χ3n) is 5.78. The number of carbonyl (C=O) groups excluding carboxylic acids is 1. The van der Waals surface area contributed by atoms with Crippen molar-refractivity contribution in [2.75, 3.05) is 18.0 Å². The SMILES string of the molecule is O=C(NCc1cccnc1)[C@@H]1CCCN(c2nc3c(-c4ccccc4)csc3c(=O)[nH]2)C1. The molecule has 0 aliphatic carbocycles. The number of hydrogen-bond donors (Lipinski definition) is 2. The Kier molecular flexibility index (Phi) is 5.68. The zero-order valence-corrected chi connectivity index (χ0v) is 18.3. The van der Waals surface area contributed by atoms with E-state index in [0.29, 0.717) is 29.3 Å². The van der Waals surface area contributed by atoms with E-state index in [-0.39, 0.29) is 17.4 Å². The van der Waals surface area contributed by atoms with Crippen LogP contribution in [0.3, 0.4) is 0 Å². The number of hydrogen-bond acceptors (Lipinski definition) is 6. The van der Waals surface area contributed by atoms with Crippen LogP contribution in [0, 0.1) is 5.92 Å². The van der Waals surface area contributed by atoms with Crippen molar-refractivity contribution in [2.45, 2.75) is 19.4 Å². The first-order chi connectivity index (χ1) is 15.7. The minimum absolute atomic E-state index is 0.0162. The van der Waals surface area contributed by atoms with Crippen LogP contribution in [0.4, 0.5) is 5.95 Å². The number of H-pyrrole nitrogens is 1. The fourth-order valence-corrected chi connectivity index (χ4v) is 5.02. The number of fused-ring (bicyclic) bond motifs is 1. The van der Waals surface area contributed by atoms with E-state index in [4.69, 9.17) is 4.98 Å². The van der Waals surface area contributed by atoms with E-state index in [1.54, 1.807) is 12.4 Å². The topological polar surface area (TPSA) is 91.0 Å². The average Bonchev–Trinajstić information content (AvgIpc) is 3.28. The molecule has 1 amide bonds. The van der Waals surface area contributed by atoms with Gasteiger partial charge in [0.25, 0.3) is 5.56 Å². The number of rotatable bonds is 5. The van der Waals surface area contributed by atoms with Crippen LogP contribution in [0.15, 0.2) is 65.0 Å². The van der Waals surface area contributed by atoms with E-state index in [1.807, 2.05) is 52.7 Å². The Morgan fingerprint density at radius 3 is 2.91 bits per heavy atom. The van der Waals surface area contributed by atoms with Crippen molar-refractivity contribution in [3.8, 4) is 11.1 Å². The van der Waals surface area contributed by atoms with Crippen molar-refractivity contribution >= 4 is 33.4 Å². The Morgan fingerprint density at radius 1 is 1.22 bits per heavy atom. The summed E-state index contributed by atoms with van der Waals surface area (Å²) in [5.74, 6) is 0.391. The van der Waals surface area contributed by atoms with Gasteiger partial charge in [-0.25, -0.2) is 4.98 Å². The monoisotopic (exact) mass is 445 g/mol. The summed E-state index contributed by atoms with van der Waals surface area (Å²) in [5.41, 5.74) is 3.54. The van der Waals surface area contributed by atoms with Gasteiger partial charge in [-0.1, -0.05) is 36.4 Å². The quantitative estimate of drug-likeness (QED) is 0.490. The molecule has 2 N–H and O–H groups in total. The molecule has 0 radical (unpaired) electrons. The number of aromatic amines is 1. The first kappa shape index (κ1) is 20.4. The molecule has 1 atom stereocenters. The van der Waals surface area contributed by atoms with Gasteiger partial charge in [0.2, 0.25) is 11.9 Å². The molecule has 0 spiro atoms. The number of aromatic nitrogens is 3. The van der Waals surface area contributed by atoms with E-state index < -0.39 is 0 Å². The van der Waals surface area contributed by atoms with Crippen molar-refractivity contribution in [3.05, 3.63) is 76.2 Å². The molecular weight excluding hydrogens is 422 g/mol. The molecule has 0 unspecified atom stereocenters. The highest BCUT2D eigenvalue weighted by Crippen LogP contribution is 2.32. The normalized spacial score (nSPS) is 16.2. The molecule has 8 heteroatoms. The molecule has 4 aromatic rings. The Morgan fingerprint density at radius 2 is 2.09 bits per heavy atom. The lowest BCUT2D eigenvalue weighted by Gasteiger charge is -2.32. The zero-order chi connectivity index (χ0) is 21.9. The zero-order valence-electron chi connectivity index (χ0n) is 17.5. The van der Waals surface area contributed by atoms with Crippen LogP contribution >= 0.6 is 11.3 Å². The Labute approximate surface area is 189 Å². The second-order valence-electron chi connectivity index (χ2n) is 7.95. The highest BCUT2D eigenvalue weighted by atomic mass is 32.1. The second-order valence-corrected chi connectivity index (χ2v) is 8.83. The van der Waals surface area contributed by atoms with E-state index in [0.717, 1.165) is 36.1 Å². The van der Waals surface area contributed by atoms with Gasteiger partial charge in [0.1, 0.15) is 4.70 Å². The van der Waals surface area contributed by atoms with Crippen LogP contribution < -0.4 is 15.8 Å². The summed E-state index contributed by atoms with van der Waals surface area (Å²) in [5, 5.41) is 4.99. The van der Waals surface area contributed by atoms with Crippen molar-refractivity contribution in [1.29, 1.82) is 0 Å². The maximum Gasteiger partial charge on any atom is 0.270 e. The van der Waals surface area contributed by atoms with Gasteiger partial charge >= 0.3 is 0 Å². The fraction of sp³-hybridized carbons (Fsp3) is 0.250. The lowest BCUT2D eigenvalue weighted by molar-refractivity contribution is -0.125. The van der Waals surface area contributed by atoms with Gasteiger partial charge in [0, 0.05) is 43.0 Å². The minimum atomic E-state index is -0.155. The molecule has 1 saturated heterocycles. The third-order valence-corrected chi connectivity index (χ3v) is 6.75. The predicted molar refractivity (Wildman–Crippen MR) is 127 cm³/mol. The number of benzene rings is 1. The van der Waals surface area contributed by atoms with Gasteiger partial charge in [-0.2, -0.15) is 0 Å². The van der Waals surface area contributed by atoms with Gasteiger partial charge in [-0.15, -0.1) is 11.3 Å². The van der Waals surface area contributed by atoms with Gasteiger partial charge in [-0.3, -0.25) is 19.6 Å². The summed E-state index contributed by atoms with van der Waals surface area (Å²) in [4.78, 5) is 39.4. The first-order valence-electron chi connectivity index (χ1n) is 10.7. The van der Waals surface area contributed by atoms with Crippen molar-refractivity contribution in [1.82, 2.24) is 20.3 Å². The lowest BCUT2D eigenvalue weighted by atomic mass is 9.97. The number of nitrogens with one attached hydrogen (secondary N) is 2. The minimum Gasteiger partial charge on any atom is -0.352 e. The molecule has 1 aliphatic rings. The standard InChI is InChI=1S/C24H23N5O2S/c30-22(26-13-16-6-4-10-25-12-16)18-9-5-11-29(14-18)24-27-20-19(17-7-2-1-3-8-17)15-32-21(20)23(31)28-24/h1-4,6-8,10,12,15,18H,5,9,11,13-14H2,(H,26,30)(H,27,28,31)/t18-/m1/s1. The van der Waals surface area contributed by atoms with E-state index in [9.17, 15) is 9.59 Å². The van der Waals surface area contributed by atoms with Crippen molar-refractivity contribution in [2.24, 2.45) is 5.92 Å². The Balaban J connectivity index is 1.36. The Bertz CT molecular complexity index is 1290. The molecule has 1 aliphatic heterocycles. The molecule has 7 nitrogen and oxygen atoms in total. The second kappa shape index (κ2) is 8.92. The van der Waals surface area contributed by atoms with Gasteiger partial charge in [-0.05, 0) is 30.0 Å².